The highest BCUT2D eigenvalue weighted by Crippen LogP contribution is 2.24. The van der Waals surface area contributed by atoms with Gasteiger partial charge in [0.05, 0.1) is 21.7 Å². The fourth-order valence-corrected chi connectivity index (χ4v) is 6.80. The van der Waals surface area contributed by atoms with Crippen LogP contribution in [0.2, 0.25) is 5.02 Å². The normalized spacial score (nSPS) is 14.9. The molecule has 0 saturated carbocycles. The third kappa shape index (κ3) is 5.74. The number of thiazole rings is 1. The van der Waals surface area contributed by atoms with Crippen molar-refractivity contribution < 1.29 is 8.42 Å². The summed E-state index contributed by atoms with van der Waals surface area (Å²) in [5.41, 5.74) is 3.79. The smallest absolute Gasteiger partial charge is 0.299 e. The van der Waals surface area contributed by atoms with Crippen molar-refractivity contribution in [3.63, 3.8) is 0 Å². The molecule has 0 unspecified atom stereocenters. The SMILES string of the molecule is O=c1sc2cc(S(=O)(=O)NCc3ccccc3CN3CCCCC3)ccc2n1Cc1ccc(Cl)cc1. The van der Waals surface area contributed by atoms with E-state index in [4.69, 9.17) is 11.6 Å². The molecule has 9 heteroatoms. The van der Waals surface area contributed by atoms with Gasteiger partial charge in [0.15, 0.2) is 0 Å². The summed E-state index contributed by atoms with van der Waals surface area (Å²) in [5, 5.41) is 0.637. The molecule has 0 bridgehead atoms. The average Bonchev–Trinajstić information content (AvgIpc) is 3.19. The van der Waals surface area contributed by atoms with Gasteiger partial charge in [-0.25, -0.2) is 13.1 Å². The fourth-order valence-electron chi connectivity index (χ4n) is 4.63. The summed E-state index contributed by atoms with van der Waals surface area (Å²) in [4.78, 5) is 15.1. The highest BCUT2D eigenvalue weighted by atomic mass is 35.5. The summed E-state index contributed by atoms with van der Waals surface area (Å²) < 4.78 is 31.4. The number of rotatable bonds is 8. The van der Waals surface area contributed by atoms with E-state index in [0.29, 0.717) is 21.8 Å². The number of hydrogen-bond acceptors (Lipinski definition) is 5. The van der Waals surface area contributed by atoms with Crippen LogP contribution < -0.4 is 9.60 Å². The monoisotopic (exact) mass is 541 g/mol. The zero-order valence-electron chi connectivity index (χ0n) is 19.8. The molecule has 0 aliphatic carbocycles. The Morgan fingerprint density at radius 2 is 1.61 bits per heavy atom. The Hall–Kier alpha value is -2.49. The van der Waals surface area contributed by atoms with E-state index in [0.717, 1.165) is 47.7 Å². The minimum absolute atomic E-state index is 0.130. The Bertz CT molecular complexity index is 1520. The molecule has 1 aliphatic heterocycles. The molecular formula is C27H28ClN3O3S2. The van der Waals surface area contributed by atoms with Crippen molar-refractivity contribution >= 4 is 43.2 Å². The Morgan fingerprint density at radius 3 is 2.36 bits per heavy atom. The Kier molecular flexibility index (Phi) is 7.60. The minimum atomic E-state index is -3.75. The zero-order chi connectivity index (χ0) is 25.1. The lowest BCUT2D eigenvalue weighted by molar-refractivity contribution is 0.220. The van der Waals surface area contributed by atoms with E-state index in [1.165, 1.54) is 19.3 Å². The number of sulfonamides is 1. The molecule has 2 heterocycles. The maximum atomic E-state index is 13.2. The molecule has 4 aromatic rings. The predicted molar refractivity (Wildman–Crippen MR) is 146 cm³/mol. The molecule has 1 N–H and O–H groups in total. The number of aromatic nitrogens is 1. The van der Waals surface area contributed by atoms with Gasteiger partial charge in [-0.05, 0) is 73.0 Å². The van der Waals surface area contributed by atoms with E-state index in [1.54, 1.807) is 34.9 Å². The maximum absolute atomic E-state index is 13.2. The van der Waals surface area contributed by atoms with Crippen LogP contribution in [0.25, 0.3) is 10.2 Å². The van der Waals surface area contributed by atoms with E-state index < -0.39 is 10.0 Å². The van der Waals surface area contributed by atoms with Crippen LogP contribution in [-0.4, -0.2) is 31.0 Å². The van der Waals surface area contributed by atoms with Crippen LogP contribution in [0.1, 0.15) is 36.0 Å². The minimum Gasteiger partial charge on any atom is -0.299 e. The second-order valence-electron chi connectivity index (χ2n) is 9.14. The molecule has 1 aromatic heterocycles. The first-order valence-electron chi connectivity index (χ1n) is 12.1. The molecule has 0 atom stereocenters. The van der Waals surface area contributed by atoms with Crippen molar-refractivity contribution in [2.75, 3.05) is 13.1 Å². The van der Waals surface area contributed by atoms with Crippen LogP contribution in [0.3, 0.4) is 0 Å². The number of piperidine rings is 1. The van der Waals surface area contributed by atoms with E-state index in [1.807, 2.05) is 30.3 Å². The Morgan fingerprint density at radius 1 is 0.889 bits per heavy atom. The van der Waals surface area contributed by atoms with Crippen LogP contribution in [0.4, 0.5) is 0 Å². The standard InChI is InChI=1S/C27H28ClN3O3S2/c28-23-10-8-20(9-11-23)18-31-25-13-12-24(16-26(25)35-27(31)32)36(33,34)29-17-21-6-2-3-7-22(21)19-30-14-4-1-5-15-30/h2-3,6-13,16,29H,1,4-5,14-15,17-19H2. The quantitative estimate of drug-likeness (QED) is 0.331. The van der Waals surface area contributed by atoms with Crippen molar-refractivity contribution in [3.05, 3.63) is 98.1 Å². The van der Waals surface area contributed by atoms with Crippen LogP contribution in [0.15, 0.2) is 76.4 Å². The molecule has 1 aliphatic rings. The van der Waals surface area contributed by atoms with Crippen LogP contribution >= 0.6 is 22.9 Å². The lowest BCUT2D eigenvalue weighted by Crippen LogP contribution is -2.30. The number of nitrogens with one attached hydrogen (secondary N) is 1. The summed E-state index contributed by atoms with van der Waals surface area (Å²) in [7, 11) is -3.75. The Balaban J connectivity index is 1.33. The lowest BCUT2D eigenvalue weighted by Gasteiger charge is -2.27. The van der Waals surface area contributed by atoms with Crippen molar-refractivity contribution in [1.29, 1.82) is 0 Å². The van der Waals surface area contributed by atoms with Gasteiger partial charge in [-0.15, -0.1) is 0 Å². The number of halogens is 1. The summed E-state index contributed by atoms with van der Waals surface area (Å²) in [5.74, 6) is 0. The largest absolute Gasteiger partial charge is 0.308 e. The first-order chi connectivity index (χ1) is 17.4. The molecule has 5 rings (SSSR count). The molecule has 6 nitrogen and oxygen atoms in total. The predicted octanol–water partition coefficient (Wildman–Crippen LogP) is 5.23. The molecule has 0 amide bonds. The summed E-state index contributed by atoms with van der Waals surface area (Å²) in [6.07, 6.45) is 3.71. The van der Waals surface area contributed by atoms with Gasteiger partial charge in [-0.1, -0.05) is 65.8 Å². The highest BCUT2D eigenvalue weighted by Gasteiger charge is 2.18. The molecule has 0 radical (unpaired) electrons. The molecule has 36 heavy (non-hydrogen) atoms. The number of fused-ring (bicyclic) bond motifs is 1. The summed E-state index contributed by atoms with van der Waals surface area (Å²) in [6, 6.07) is 20.2. The van der Waals surface area contributed by atoms with Crippen molar-refractivity contribution in [3.8, 4) is 0 Å². The van der Waals surface area contributed by atoms with Crippen LogP contribution in [0.5, 0.6) is 0 Å². The van der Waals surface area contributed by atoms with Crippen molar-refractivity contribution in [2.24, 2.45) is 0 Å². The number of likely N-dealkylation sites (tertiary alicyclic amines) is 1. The van der Waals surface area contributed by atoms with Crippen LogP contribution in [0, 0.1) is 0 Å². The third-order valence-electron chi connectivity index (χ3n) is 6.62. The van der Waals surface area contributed by atoms with E-state index >= 15 is 0 Å². The van der Waals surface area contributed by atoms with Crippen LogP contribution in [-0.2, 0) is 29.7 Å². The first-order valence-corrected chi connectivity index (χ1v) is 14.7. The fraction of sp³-hybridized carbons (Fsp3) is 0.296. The first kappa shape index (κ1) is 25.2. The van der Waals surface area contributed by atoms with Gasteiger partial charge >= 0.3 is 4.87 Å². The van der Waals surface area contributed by atoms with E-state index in [9.17, 15) is 13.2 Å². The average molecular weight is 542 g/mol. The van der Waals surface area contributed by atoms with Crippen molar-refractivity contribution in [1.82, 2.24) is 14.2 Å². The molecule has 0 spiro atoms. The van der Waals surface area contributed by atoms with E-state index in [-0.39, 0.29) is 16.3 Å². The topological polar surface area (TPSA) is 71.4 Å². The van der Waals surface area contributed by atoms with Gasteiger partial charge in [0.1, 0.15) is 0 Å². The van der Waals surface area contributed by atoms with Gasteiger partial charge in [0.25, 0.3) is 0 Å². The third-order valence-corrected chi connectivity index (χ3v) is 9.21. The van der Waals surface area contributed by atoms with Gasteiger partial charge in [-0.3, -0.25) is 14.3 Å². The maximum Gasteiger partial charge on any atom is 0.308 e. The van der Waals surface area contributed by atoms with Gasteiger partial charge in [0, 0.05) is 18.1 Å². The van der Waals surface area contributed by atoms with E-state index in [2.05, 4.69) is 15.7 Å². The number of hydrogen-bond donors (Lipinski definition) is 1. The molecule has 3 aromatic carbocycles. The van der Waals surface area contributed by atoms with Crippen molar-refractivity contribution in [2.45, 2.75) is 43.8 Å². The second-order valence-corrected chi connectivity index (χ2v) is 12.3. The molecule has 1 fully saturated rings. The lowest BCUT2D eigenvalue weighted by atomic mass is 10.1. The molecule has 1 saturated heterocycles. The van der Waals surface area contributed by atoms with Gasteiger partial charge < -0.3 is 0 Å². The number of nitrogens with zero attached hydrogens (tertiary/aromatic N) is 2. The molecular weight excluding hydrogens is 514 g/mol. The highest BCUT2D eigenvalue weighted by molar-refractivity contribution is 7.89. The summed E-state index contributed by atoms with van der Waals surface area (Å²) in [6.45, 7) is 3.62. The molecule has 188 valence electrons. The van der Waals surface area contributed by atoms with Gasteiger partial charge in [0.2, 0.25) is 10.0 Å². The number of benzene rings is 3. The Labute approximate surface area is 220 Å². The van der Waals surface area contributed by atoms with Gasteiger partial charge in [-0.2, -0.15) is 0 Å². The summed E-state index contributed by atoms with van der Waals surface area (Å²) >= 11 is 7.02. The zero-order valence-corrected chi connectivity index (χ0v) is 22.2. The second kappa shape index (κ2) is 10.9.